The second kappa shape index (κ2) is 6.22. The summed E-state index contributed by atoms with van der Waals surface area (Å²) in [7, 11) is 2.17. The Morgan fingerprint density at radius 1 is 1.32 bits per heavy atom. The van der Waals surface area contributed by atoms with Gasteiger partial charge in [-0.05, 0) is 56.0 Å². The molecule has 102 valence electrons. The summed E-state index contributed by atoms with van der Waals surface area (Å²) in [5, 5.41) is 2.14. The zero-order chi connectivity index (χ0) is 13.8. The molecule has 0 saturated heterocycles. The van der Waals surface area contributed by atoms with Crippen LogP contribution in [0, 0.1) is 6.92 Å². The van der Waals surface area contributed by atoms with Crippen LogP contribution in [0.1, 0.15) is 22.9 Å². The fourth-order valence-electron chi connectivity index (χ4n) is 2.11. The van der Waals surface area contributed by atoms with Crippen LogP contribution in [0.3, 0.4) is 0 Å². The molecule has 0 aliphatic heterocycles. The Labute approximate surface area is 119 Å². The molecular formula is C16H22N2S. The average Bonchev–Trinajstić information content (AvgIpc) is 2.86. The van der Waals surface area contributed by atoms with Gasteiger partial charge >= 0.3 is 0 Å². The first-order valence-corrected chi connectivity index (χ1v) is 7.52. The lowest BCUT2D eigenvalue weighted by Gasteiger charge is -2.24. The highest BCUT2D eigenvalue weighted by Gasteiger charge is 2.11. The highest BCUT2D eigenvalue weighted by molar-refractivity contribution is 7.09. The Balaban J connectivity index is 1.96. The second-order valence-corrected chi connectivity index (χ2v) is 6.27. The van der Waals surface area contributed by atoms with Gasteiger partial charge in [-0.3, -0.25) is 4.90 Å². The fourth-order valence-corrected chi connectivity index (χ4v) is 2.93. The van der Waals surface area contributed by atoms with Gasteiger partial charge in [-0.25, -0.2) is 0 Å². The number of benzene rings is 1. The summed E-state index contributed by atoms with van der Waals surface area (Å²) in [5.74, 6) is 0. The van der Waals surface area contributed by atoms with E-state index in [4.69, 9.17) is 5.73 Å². The highest BCUT2D eigenvalue weighted by Crippen LogP contribution is 2.17. The number of nitrogen functional groups attached to an aromatic ring is 1. The minimum atomic E-state index is 0.529. The number of anilines is 1. The van der Waals surface area contributed by atoms with Crippen molar-refractivity contribution in [1.82, 2.24) is 4.90 Å². The lowest BCUT2D eigenvalue weighted by Crippen LogP contribution is -2.30. The maximum Gasteiger partial charge on any atom is 0.0346 e. The van der Waals surface area contributed by atoms with Crippen LogP contribution in [0.4, 0.5) is 5.69 Å². The zero-order valence-electron chi connectivity index (χ0n) is 11.9. The maximum atomic E-state index is 5.97. The van der Waals surface area contributed by atoms with Crippen molar-refractivity contribution >= 4 is 17.0 Å². The molecule has 1 heterocycles. The molecule has 1 aromatic carbocycles. The minimum absolute atomic E-state index is 0.529. The predicted octanol–water partition coefficient (Wildman–Crippen LogP) is 3.70. The van der Waals surface area contributed by atoms with E-state index in [1.165, 1.54) is 10.4 Å². The molecule has 19 heavy (non-hydrogen) atoms. The van der Waals surface area contributed by atoms with Gasteiger partial charge in [0.05, 0.1) is 0 Å². The van der Waals surface area contributed by atoms with Crippen LogP contribution in [-0.4, -0.2) is 18.0 Å². The molecule has 3 heteroatoms. The first-order chi connectivity index (χ1) is 9.06. The maximum absolute atomic E-state index is 5.97. The molecule has 0 saturated carbocycles. The zero-order valence-corrected chi connectivity index (χ0v) is 12.7. The number of hydrogen-bond acceptors (Lipinski definition) is 3. The summed E-state index contributed by atoms with van der Waals surface area (Å²) >= 11 is 1.83. The first kappa shape index (κ1) is 14.1. The number of thiophene rings is 1. The van der Waals surface area contributed by atoms with E-state index in [2.05, 4.69) is 54.6 Å². The second-order valence-electron chi connectivity index (χ2n) is 5.24. The summed E-state index contributed by atoms with van der Waals surface area (Å²) in [6.07, 6.45) is 1.11. The number of aryl methyl sites for hydroxylation is 1. The van der Waals surface area contributed by atoms with Crippen LogP contribution in [0.2, 0.25) is 0 Å². The summed E-state index contributed by atoms with van der Waals surface area (Å²) in [6.45, 7) is 5.26. The summed E-state index contributed by atoms with van der Waals surface area (Å²) in [5.41, 5.74) is 9.28. The number of nitrogens with two attached hydrogens (primary N) is 1. The van der Waals surface area contributed by atoms with Crippen LogP contribution in [-0.2, 0) is 13.0 Å². The third kappa shape index (κ3) is 3.82. The lowest BCUT2D eigenvalue weighted by molar-refractivity contribution is 0.249. The molecule has 1 atom stereocenters. The molecule has 1 unspecified atom stereocenters. The molecule has 1 aromatic heterocycles. The normalized spacial score (nSPS) is 12.8. The van der Waals surface area contributed by atoms with E-state index in [-0.39, 0.29) is 0 Å². The third-order valence-electron chi connectivity index (χ3n) is 3.60. The van der Waals surface area contributed by atoms with Crippen LogP contribution < -0.4 is 5.73 Å². The smallest absolute Gasteiger partial charge is 0.0346 e. The third-order valence-corrected chi connectivity index (χ3v) is 4.50. The molecule has 0 radical (unpaired) electrons. The molecule has 0 fully saturated rings. The molecule has 2 aromatic rings. The van der Waals surface area contributed by atoms with Gasteiger partial charge in [-0.2, -0.15) is 0 Å². The molecule has 0 aliphatic carbocycles. The van der Waals surface area contributed by atoms with Crippen molar-refractivity contribution < 1.29 is 0 Å². The average molecular weight is 274 g/mol. The highest BCUT2D eigenvalue weighted by atomic mass is 32.1. The van der Waals surface area contributed by atoms with E-state index in [1.807, 2.05) is 18.3 Å². The van der Waals surface area contributed by atoms with Crippen molar-refractivity contribution in [2.24, 2.45) is 0 Å². The van der Waals surface area contributed by atoms with Gasteiger partial charge < -0.3 is 5.73 Å². The number of likely N-dealkylation sites (N-methyl/N-ethyl adjacent to an activating group) is 1. The van der Waals surface area contributed by atoms with E-state index in [9.17, 15) is 0 Å². The molecule has 0 bridgehead atoms. The van der Waals surface area contributed by atoms with Gasteiger partial charge in [0.1, 0.15) is 0 Å². The topological polar surface area (TPSA) is 29.3 Å². The van der Waals surface area contributed by atoms with Crippen LogP contribution >= 0.6 is 11.3 Å². The van der Waals surface area contributed by atoms with Crippen molar-refractivity contribution in [1.29, 1.82) is 0 Å². The predicted molar refractivity (Wildman–Crippen MR) is 84.5 cm³/mol. The molecule has 0 aliphatic rings. The Bertz CT molecular complexity index is 520. The van der Waals surface area contributed by atoms with E-state index < -0.39 is 0 Å². The summed E-state index contributed by atoms with van der Waals surface area (Å²) in [6, 6.07) is 11.2. The molecule has 2 N–H and O–H groups in total. The monoisotopic (exact) mass is 274 g/mol. The molecular weight excluding hydrogens is 252 g/mol. The van der Waals surface area contributed by atoms with Gasteiger partial charge in [-0.1, -0.05) is 18.2 Å². The van der Waals surface area contributed by atoms with Gasteiger partial charge in [0.25, 0.3) is 0 Å². The number of hydrogen-bond donors (Lipinski definition) is 1. The SMILES string of the molecule is Cc1ccc(CN(C)C(C)Cc2cccs2)cc1N. The Morgan fingerprint density at radius 2 is 2.11 bits per heavy atom. The number of rotatable bonds is 5. The van der Waals surface area contributed by atoms with Gasteiger partial charge in [0.15, 0.2) is 0 Å². The van der Waals surface area contributed by atoms with Crippen molar-refractivity contribution in [2.45, 2.75) is 32.9 Å². The number of nitrogens with zero attached hydrogens (tertiary/aromatic N) is 1. The largest absolute Gasteiger partial charge is 0.399 e. The molecule has 0 spiro atoms. The quantitative estimate of drug-likeness (QED) is 0.842. The lowest BCUT2D eigenvalue weighted by atomic mass is 10.1. The van der Waals surface area contributed by atoms with Crippen molar-refractivity contribution in [3.8, 4) is 0 Å². The van der Waals surface area contributed by atoms with E-state index in [0.717, 1.165) is 24.2 Å². The minimum Gasteiger partial charge on any atom is -0.399 e. The van der Waals surface area contributed by atoms with E-state index >= 15 is 0 Å². The van der Waals surface area contributed by atoms with Gasteiger partial charge in [0, 0.05) is 23.2 Å². The van der Waals surface area contributed by atoms with E-state index in [0.29, 0.717) is 6.04 Å². The molecule has 0 amide bonds. The Morgan fingerprint density at radius 3 is 2.74 bits per heavy atom. The van der Waals surface area contributed by atoms with Crippen LogP contribution in [0.15, 0.2) is 35.7 Å². The van der Waals surface area contributed by atoms with E-state index in [1.54, 1.807) is 0 Å². The van der Waals surface area contributed by atoms with Crippen molar-refractivity contribution in [3.05, 3.63) is 51.7 Å². The standard InChI is InChI=1S/C16H22N2S/c1-12-6-7-14(10-16(12)17)11-18(3)13(2)9-15-5-4-8-19-15/h4-8,10,13H,9,11,17H2,1-3H3. The fraction of sp³-hybridized carbons (Fsp3) is 0.375. The molecule has 2 nitrogen and oxygen atoms in total. The summed E-state index contributed by atoms with van der Waals surface area (Å²) in [4.78, 5) is 3.83. The molecule has 2 rings (SSSR count). The first-order valence-electron chi connectivity index (χ1n) is 6.64. The van der Waals surface area contributed by atoms with Crippen molar-refractivity contribution in [3.63, 3.8) is 0 Å². The van der Waals surface area contributed by atoms with Crippen LogP contribution in [0.25, 0.3) is 0 Å². The van der Waals surface area contributed by atoms with Gasteiger partial charge in [0.2, 0.25) is 0 Å². The Hall–Kier alpha value is -1.32. The Kier molecular flexibility index (Phi) is 4.61. The van der Waals surface area contributed by atoms with Crippen LogP contribution in [0.5, 0.6) is 0 Å². The summed E-state index contributed by atoms with van der Waals surface area (Å²) < 4.78 is 0. The van der Waals surface area contributed by atoms with Gasteiger partial charge in [-0.15, -0.1) is 11.3 Å². The van der Waals surface area contributed by atoms with Crippen molar-refractivity contribution in [2.75, 3.05) is 12.8 Å².